The van der Waals surface area contributed by atoms with E-state index in [1.165, 1.54) is 4.31 Å². The van der Waals surface area contributed by atoms with Gasteiger partial charge in [0.05, 0.1) is 17.4 Å². The molecule has 0 spiro atoms. The number of benzene rings is 1. The van der Waals surface area contributed by atoms with Crippen molar-refractivity contribution in [3.8, 4) is 5.75 Å². The van der Waals surface area contributed by atoms with Gasteiger partial charge in [0.15, 0.2) is 0 Å². The van der Waals surface area contributed by atoms with E-state index in [0.717, 1.165) is 12.0 Å². The lowest BCUT2D eigenvalue weighted by Crippen LogP contribution is -2.45. The molecule has 134 valence electrons. The molecular formula is C17H26N2O4S. The summed E-state index contributed by atoms with van der Waals surface area (Å²) < 4.78 is 32.7. The van der Waals surface area contributed by atoms with Gasteiger partial charge in [-0.3, -0.25) is 4.79 Å². The number of carbonyl (C=O) groups excluding carboxylic acids is 1. The standard InChI is InChI=1S/C17H26N2O4S/c1-4-18-17(20)14-7-6-10-19(12-14)24(21,22)15-8-9-16(23-5-2)13(3)11-15/h8-9,11,14H,4-7,10,12H2,1-3H3,(H,18,20)/t14-/m1/s1. The van der Waals surface area contributed by atoms with Gasteiger partial charge in [0.25, 0.3) is 0 Å². The summed E-state index contributed by atoms with van der Waals surface area (Å²) >= 11 is 0. The number of hydrogen-bond acceptors (Lipinski definition) is 4. The van der Waals surface area contributed by atoms with Gasteiger partial charge in [-0.05, 0) is 57.4 Å². The molecule has 1 aliphatic heterocycles. The van der Waals surface area contributed by atoms with E-state index < -0.39 is 10.0 Å². The lowest BCUT2D eigenvalue weighted by molar-refractivity contribution is -0.125. The topological polar surface area (TPSA) is 75.7 Å². The zero-order valence-corrected chi connectivity index (χ0v) is 15.4. The monoisotopic (exact) mass is 354 g/mol. The summed E-state index contributed by atoms with van der Waals surface area (Å²) in [6, 6.07) is 4.90. The van der Waals surface area contributed by atoms with E-state index in [1.807, 2.05) is 20.8 Å². The normalized spacial score (nSPS) is 19.0. The highest BCUT2D eigenvalue weighted by Crippen LogP contribution is 2.27. The summed E-state index contributed by atoms with van der Waals surface area (Å²) in [6.07, 6.45) is 1.41. The minimum absolute atomic E-state index is 0.0692. The van der Waals surface area contributed by atoms with E-state index in [4.69, 9.17) is 4.74 Å². The maximum absolute atomic E-state index is 12.9. The Morgan fingerprint density at radius 3 is 2.75 bits per heavy atom. The van der Waals surface area contributed by atoms with Crippen LogP contribution in [0.25, 0.3) is 0 Å². The molecular weight excluding hydrogens is 328 g/mol. The van der Waals surface area contributed by atoms with Crippen LogP contribution in [0.3, 0.4) is 0 Å². The molecule has 0 bridgehead atoms. The third-order valence-corrected chi connectivity index (χ3v) is 6.05. The molecule has 1 aliphatic rings. The van der Waals surface area contributed by atoms with Crippen molar-refractivity contribution in [3.05, 3.63) is 23.8 Å². The fraction of sp³-hybridized carbons (Fsp3) is 0.588. The van der Waals surface area contributed by atoms with Gasteiger partial charge in [-0.15, -0.1) is 0 Å². The first-order valence-electron chi connectivity index (χ1n) is 8.41. The molecule has 1 fully saturated rings. The van der Waals surface area contributed by atoms with Crippen LogP contribution in [-0.2, 0) is 14.8 Å². The van der Waals surface area contributed by atoms with E-state index in [0.29, 0.717) is 31.9 Å². The van der Waals surface area contributed by atoms with Crippen molar-refractivity contribution >= 4 is 15.9 Å². The molecule has 1 amide bonds. The van der Waals surface area contributed by atoms with Crippen molar-refractivity contribution in [2.45, 2.75) is 38.5 Å². The molecule has 0 aromatic heterocycles. The largest absolute Gasteiger partial charge is 0.494 e. The van der Waals surface area contributed by atoms with Crippen molar-refractivity contribution in [2.24, 2.45) is 5.92 Å². The van der Waals surface area contributed by atoms with E-state index in [-0.39, 0.29) is 23.3 Å². The maximum atomic E-state index is 12.9. The average molecular weight is 354 g/mol. The van der Waals surface area contributed by atoms with Crippen molar-refractivity contribution in [3.63, 3.8) is 0 Å². The highest BCUT2D eigenvalue weighted by Gasteiger charge is 2.33. The third-order valence-electron chi connectivity index (χ3n) is 4.19. The molecule has 7 heteroatoms. The number of nitrogens with one attached hydrogen (secondary N) is 1. The second kappa shape index (κ2) is 7.98. The number of amides is 1. The fourth-order valence-electron chi connectivity index (χ4n) is 2.94. The first-order valence-corrected chi connectivity index (χ1v) is 9.85. The van der Waals surface area contributed by atoms with Crippen molar-refractivity contribution in [1.29, 1.82) is 0 Å². The SMILES string of the molecule is CCNC(=O)[C@@H]1CCCN(S(=O)(=O)c2ccc(OCC)c(C)c2)C1. The van der Waals surface area contributed by atoms with Gasteiger partial charge in [-0.2, -0.15) is 4.31 Å². The number of rotatable bonds is 6. The molecule has 24 heavy (non-hydrogen) atoms. The molecule has 0 saturated carbocycles. The molecule has 0 unspecified atom stereocenters. The predicted octanol–water partition coefficient (Wildman–Crippen LogP) is 1.93. The number of carbonyl (C=O) groups is 1. The Labute approximate surface area is 144 Å². The molecule has 1 aromatic carbocycles. The summed E-state index contributed by atoms with van der Waals surface area (Å²) in [5, 5.41) is 2.78. The molecule has 6 nitrogen and oxygen atoms in total. The van der Waals surface area contributed by atoms with Gasteiger partial charge in [0.1, 0.15) is 5.75 Å². The van der Waals surface area contributed by atoms with Crippen LogP contribution in [0.1, 0.15) is 32.3 Å². The number of hydrogen-bond donors (Lipinski definition) is 1. The van der Waals surface area contributed by atoms with Crippen molar-refractivity contribution < 1.29 is 17.9 Å². The molecule has 2 rings (SSSR count). The first-order chi connectivity index (χ1) is 11.4. The Balaban J connectivity index is 2.20. The molecule has 0 radical (unpaired) electrons. The fourth-order valence-corrected chi connectivity index (χ4v) is 4.55. The van der Waals surface area contributed by atoms with Crippen LogP contribution in [0.2, 0.25) is 0 Å². The summed E-state index contributed by atoms with van der Waals surface area (Å²) in [7, 11) is -3.60. The third kappa shape index (κ3) is 4.08. The zero-order valence-electron chi connectivity index (χ0n) is 14.5. The second-order valence-corrected chi connectivity index (χ2v) is 7.90. The zero-order chi connectivity index (χ0) is 17.7. The number of sulfonamides is 1. The Morgan fingerprint density at radius 1 is 1.38 bits per heavy atom. The van der Waals surface area contributed by atoms with Gasteiger partial charge in [-0.25, -0.2) is 8.42 Å². The number of nitrogens with zero attached hydrogens (tertiary/aromatic N) is 1. The van der Waals surface area contributed by atoms with Crippen LogP contribution in [0.5, 0.6) is 5.75 Å². The van der Waals surface area contributed by atoms with Crippen molar-refractivity contribution in [2.75, 3.05) is 26.2 Å². The number of aryl methyl sites for hydroxylation is 1. The molecule has 1 atom stereocenters. The lowest BCUT2D eigenvalue weighted by Gasteiger charge is -2.31. The molecule has 1 saturated heterocycles. The lowest BCUT2D eigenvalue weighted by atomic mass is 9.99. The highest BCUT2D eigenvalue weighted by molar-refractivity contribution is 7.89. The number of ether oxygens (including phenoxy) is 1. The Bertz CT molecular complexity index is 688. The van der Waals surface area contributed by atoms with E-state index in [1.54, 1.807) is 18.2 Å². The Morgan fingerprint density at radius 2 is 2.12 bits per heavy atom. The van der Waals surface area contributed by atoms with Gasteiger partial charge >= 0.3 is 0 Å². The highest BCUT2D eigenvalue weighted by atomic mass is 32.2. The second-order valence-electron chi connectivity index (χ2n) is 5.96. The van der Waals surface area contributed by atoms with E-state index in [2.05, 4.69) is 5.32 Å². The van der Waals surface area contributed by atoms with E-state index >= 15 is 0 Å². The Hall–Kier alpha value is -1.60. The van der Waals surface area contributed by atoms with Crippen LogP contribution >= 0.6 is 0 Å². The van der Waals surface area contributed by atoms with Gasteiger partial charge in [-0.1, -0.05) is 0 Å². The minimum Gasteiger partial charge on any atom is -0.494 e. The first kappa shape index (κ1) is 18.7. The molecule has 1 aromatic rings. The van der Waals surface area contributed by atoms with Crippen LogP contribution in [0, 0.1) is 12.8 Å². The molecule has 0 aliphatic carbocycles. The summed E-state index contributed by atoms with van der Waals surface area (Å²) in [6.45, 7) is 7.35. The summed E-state index contributed by atoms with van der Waals surface area (Å²) in [5.74, 6) is 0.341. The molecule has 1 N–H and O–H groups in total. The molecule has 1 heterocycles. The predicted molar refractivity (Wildman–Crippen MR) is 92.5 cm³/mol. The average Bonchev–Trinajstić information content (AvgIpc) is 2.57. The van der Waals surface area contributed by atoms with Gasteiger partial charge < -0.3 is 10.1 Å². The van der Waals surface area contributed by atoms with Crippen LogP contribution < -0.4 is 10.1 Å². The van der Waals surface area contributed by atoms with E-state index in [9.17, 15) is 13.2 Å². The maximum Gasteiger partial charge on any atom is 0.243 e. The van der Waals surface area contributed by atoms with Crippen molar-refractivity contribution in [1.82, 2.24) is 9.62 Å². The Kier molecular flexibility index (Phi) is 6.23. The van der Waals surface area contributed by atoms with Gasteiger partial charge in [0, 0.05) is 19.6 Å². The van der Waals surface area contributed by atoms with Crippen LogP contribution in [0.4, 0.5) is 0 Å². The number of piperidine rings is 1. The van der Waals surface area contributed by atoms with Crippen LogP contribution in [0.15, 0.2) is 23.1 Å². The van der Waals surface area contributed by atoms with Crippen LogP contribution in [-0.4, -0.2) is 44.9 Å². The smallest absolute Gasteiger partial charge is 0.243 e. The summed E-state index contributed by atoms with van der Waals surface area (Å²) in [5.41, 5.74) is 0.787. The quantitative estimate of drug-likeness (QED) is 0.847. The van der Waals surface area contributed by atoms with Gasteiger partial charge in [0.2, 0.25) is 15.9 Å². The summed E-state index contributed by atoms with van der Waals surface area (Å²) in [4.78, 5) is 12.3. The minimum atomic E-state index is -3.60.